The molecule has 94 valence electrons. The largest absolute Gasteiger partial charge is 0.339 e. The molecule has 0 spiro atoms. The van der Waals surface area contributed by atoms with E-state index < -0.39 is 0 Å². The summed E-state index contributed by atoms with van der Waals surface area (Å²) in [5.41, 5.74) is 5.38. The minimum absolute atomic E-state index is 0.236. The third kappa shape index (κ3) is 2.97. The molecule has 0 aromatic carbocycles. The van der Waals surface area contributed by atoms with Crippen LogP contribution in [0, 0.1) is 11.3 Å². The van der Waals surface area contributed by atoms with Crippen molar-refractivity contribution in [2.75, 3.05) is 13.1 Å². The highest BCUT2D eigenvalue weighted by Crippen LogP contribution is 2.32. The second-order valence-corrected chi connectivity index (χ2v) is 5.61. The molecule has 0 aromatic rings. The highest BCUT2D eigenvalue weighted by Gasteiger charge is 2.37. The van der Waals surface area contributed by atoms with Gasteiger partial charge in [0.05, 0.1) is 5.41 Å². The molecule has 0 bridgehead atoms. The van der Waals surface area contributed by atoms with Gasteiger partial charge in [-0.25, -0.2) is 0 Å². The van der Waals surface area contributed by atoms with Crippen molar-refractivity contribution in [3.8, 4) is 0 Å². The smallest absolute Gasteiger partial charge is 0.230 e. The zero-order valence-corrected chi connectivity index (χ0v) is 11.1. The van der Waals surface area contributed by atoms with E-state index in [9.17, 15) is 4.79 Å². The lowest BCUT2D eigenvalue weighted by atomic mass is 9.85. The van der Waals surface area contributed by atoms with E-state index in [4.69, 9.17) is 5.73 Å². The van der Waals surface area contributed by atoms with E-state index in [1.165, 1.54) is 12.8 Å². The van der Waals surface area contributed by atoms with Crippen LogP contribution in [-0.4, -0.2) is 29.9 Å². The fourth-order valence-corrected chi connectivity index (χ4v) is 1.84. The molecule has 1 rings (SSSR count). The Bertz CT molecular complexity index is 242. The van der Waals surface area contributed by atoms with Crippen LogP contribution in [0.3, 0.4) is 0 Å². The molecule has 1 fully saturated rings. The van der Waals surface area contributed by atoms with Gasteiger partial charge in [0.25, 0.3) is 0 Å². The Hall–Kier alpha value is -0.570. The van der Waals surface area contributed by atoms with Crippen LogP contribution in [0.15, 0.2) is 0 Å². The predicted molar refractivity (Wildman–Crippen MR) is 67.0 cm³/mol. The van der Waals surface area contributed by atoms with Crippen molar-refractivity contribution in [1.29, 1.82) is 0 Å². The first-order valence-electron chi connectivity index (χ1n) is 6.45. The lowest BCUT2D eigenvalue weighted by Gasteiger charge is -2.35. The Kier molecular flexibility index (Phi) is 4.36. The molecular formula is C13H26N2O. The maximum Gasteiger partial charge on any atom is 0.230 e. The maximum atomic E-state index is 12.5. The minimum atomic E-state index is -0.376. The second-order valence-electron chi connectivity index (χ2n) is 5.61. The summed E-state index contributed by atoms with van der Waals surface area (Å²) in [6.07, 6.45) is 3.38. The van der Waals surface area contributed by atoms with Crippen LogP contribution in [0.2, 0.25) is 0 Å². The number of carbonyl (C=O) groups excluding carboxylic acids is 1. The number of hydrogen-bond donors (Lipinski definition) is 1. The molecule has 3 heteroatoms. The van der Waals surface area contributed by atoms with E-state index in [2.05, 4.69) is 13.8 Å². The summed E-state index contributed by atoms with van der Waals surface area (Å²) in [5, 5.41) is 0. The van der Waals surface area contributed by atoms with Crippen molar-refractivity contribution < 1.29 is 4.79 Å². The van der Waals surface area contributed by atoms with Crippen molar-refractivity contribution in [1.82, 2.24) is 4.90 Å². The normalized spacial score (nSPS) is 19.6. The Balaban J connectivity index is 2.71. The van der Waals surface area contributed by atoms with Crippen LogP contribution in [0.5, 0.6) is 0 Å². The van der Waals surface area contributed by atoms with Crippen LogP contribution in [0.4, 0.5) is 0 Å². The Morgan fingerprint density at radius 1 is 1.50 bits per heavy atom. The van der Waals surface area contributed by atoms with E-state index in [1.54, 1.807) is 0 Å². The first-order chi connectivity index (χ1) is 7.44. The Morgan fingerprint density at radius 2 is 2.06 bits per heavy atom. The van der Waals surface area contributed by atoms with Crippen molar-refractivity contribution in [2.45, 2.75) is 53.0 Å². The summed E-state index contributed by atoms with van der Waals surface area (Å²) in [7, 11) is 0. The third-order valence-corrected chi connectivity index (χ3v) is 3.78. The van der Waals surface area contributed by atoms with Crippen LogP contribution < -0.4 is 5.73 Å². The number of nitrogens with zero attached hydrogens (tertiary/aromatic N) is 1. The molecular weight excluding hydrogens is 200 g/mol. The summed E-state index contributed by atoms with van der Waals surface area (Å²) < 4.78 is 0. The lowest BCUT2D eigenvalue weighted by Crippen LogP contribution is -2.49. The van der Waals surface area contributed by atoms with Crippen molar-refractivity contribution in [2.24, 2.45) is 17.1 Å². The fourth-order valence-electron chi connectivity index (χ4n) is 1.84. The van der Waals surface area contributed by atoms with Crippen molar-refractivity contribution in [3.05, 3.63) is 0 Å². The van der Waals surface area contributed by atoms with Gasteiger partial charge >= 0.3 is 0 Å². The number of carbonyl (C=O) groups is 1. The standard InChI is InChI=1S/C13H26N2O/c1-5-13(4,9-14)12(16)15(10(2)3)8-11-6-7-11/h10-11H,5-9,14H2,1-4H3. The molecule has 2 N–H and O–H groups in total. The third-order valence-electron chi connectivity index (χ3n) is 3.78. The van der Waals surface area contributed by atoms with Gasteiger partial charge in [0, 0.05) is 19.1 Å². The zero-order chi connectivity index (χ0) is 12.3. The predicted octanol–water partition coefficient (Wildman–Crippen LogP) is 2.01. The zero-order valence-electron chi connectivity index (χ0n) is 11.1. The Morgan fingerprint density at radius 3 is 2.38 bits per heavy atom. The number of hydrogen-bond acceptors (Lipinski definition) is 2. The monoisotopic (exact) mass is 226 g/mol. The number of rotatable bonds is 6. The highest BCUT2D eigenvalue weighted by molar-refractivity contribution is 5.82. The van der Waals surface area contributed by atoms with Crippen LogP contribution in [0.1, 0.15) is 47.0 Å². The molecule has 1 amide bonds. The summed E-state index contributed by atoms with van der Waals surface area (Å²) >= 11 is 0. The first-order valence-corrected chi connectivity index (χ1v) is 6.45. The number of nitrogens with two attached hydrogens (primary N) is 1. The molecule has 1 unspecified atom stereocenters. The molecule has 1 atom stereocenters. The van der Waals surface area contributed by atoms with Gasteiger partial charge in [-0.15, -0.1) is 0 Å². The van der Waals surface area contributed by atoms with Gasteiger partial charge in [0.1, 0.15) is 0 Å². The van der Waals surface area contributed by atoms with Gasteiger partial charge in [-0.05, 0) is 46.0 Å². The van der Waals surface area contributed by atoms with E-state index in [-0.39, 0.29) is 17.4 Å². The second kappa shape index (κ2) is 5.17. The molecule has 1 saturated carbocycles. The summed E-state index contributed by atoms with van der Waals surface area (Å²) in [6, 6.07) is 0.283. The molecule has 3 nitrogen and oxygen atoms in total. The van der Waals surface area contributed by atoms with E-state index >= 15 is 0 Å². The van der Waals surface area contributed by atoms with E-state index in [1.807, 2.05) is 18.7 Å². The van der Waals surface area contributed by atoms with Crippen LogP contribution >= 0.6 is 0 Å². The average Bonchev–Trinajstić information content (AvgIpc) is 3.07. The van der Waals surface area contributed by atoms with Gasteiger partial charge in [-0.1, -0.05) is 6.92 Å². The fraction of sp³-hybridized carbons (Fsp3) is 0.923. The summed E-state index contributed by atoms with van der Waals surface area (Å²) in [6.45, 7) is 9.57. The van der Waals surface area contributed by atoms with E-state index in [0.29, 0.717) is 6.54 Å². The first kappa shape index (κ1) is 13.5. The molecule has 16 heavy (non-hydrogen) atoms. The van der Waals surface area contributed by atoms with Crippen molar-refractivity contribution >= 4 is 5.91 Å². The van der Waals surface area contributed by atoms with Gasteiger partial charge < -0.3 is 10.6 Å². The van der Waals surface area contributed by atoms with E-state index in [0.717, 1.165) is 18.9 Å². The number of amides is 1. The average molecular weight is 226 g/mol. The molecule has 0 heterocycles. The minimum Gasteiger partial charge on any atom is -0.339 e. The van der Waals surface area contributed by atoms with Crippen molar-refractivity contribution in [3.63, 3.8) is 0 Å². The quantitative estimate of drug-likeness (QED) is 0.753. The molecule has 0 saturated heterocycles. The summed E-state index contributed by atoms with van der Waals surface area (Å²) in [5.74, 6) is 0.977. The molecule has 0 aliphatic heterocycles. The summed E-state index contributed by atoms with van der Waals surface area (Å²) in [4.78, 5) is 14.5. The maximum absolute atomic E-state index is 12.5. The SMILES string of the molecule is CCC(C)(CN)C(=O)N(CC1CC1)C(C)C. The van der Waals surface area contributed by atoms with Gasteiger partial charge in [-0.3, -0.25) is 4.79 Å². The topological polar surface area (TPSA) is 46.3 Å². The van der Waals surface area contributed by atoms with Crippen LogP contribution in [-0.2, 0) is 4.79 Å². The molecule has 0 radical (unpaired) electrons. The highest BCUT2D eigenvalue weighted by atomic mass is 16.2. The lowest BCUT2D eigenvalue weighted by molar-refractivity contribution is -0.143. The molecule has 1 aliphatic carbocycles. The van der Waals surface area contributed by atoms with Gasteiger partial charge in [0.2, 0.25) is 5.91 Å². The molecule has 1 aliphatic rings. The van der Waals surface area contributed by atoms with Gasteiger partial charge in [-0.2, -0.15) is 0 Å². The molecule has 0 aromatic heterocycles. The Labute approximate surface area is 99.4 Å². The van der Waals surface area contributed by atoms with Gasteiger partial charge in [0.15, 0.2) is 0 Å². The van der Waals surface area contributed by atoms with Crippen LogP contribution in [0.25, 0.3) is 0 Å².